The van der Waals surface area contributed by atoms with E-state index < -0.39 is 0 Å². The van der Waals surface area contributed by atoms with E-state index in [1.165, 1.54) is 36.8 Å². The Morgan fingerprint density at radius 3 is 2.53 bits per heavy atom. The Bertz CT molecular complexity index is 1150. The molecule has 3 aromatic rings. The first-order valence-corrected chi connectivity index (χ1v) is 12.7. The van der Waals surface area contributed by atoms with Crippen molar-refractivity contribution in [2.45, 2.75) is 59.8 Å². The summed E-state index contributed by atoms with van der Waals surface area (Å²) in [6.07, 6.45) is 8.28. The van der Waals surface area contributed by atoms with Gasteiger partial charge in [0.2, 0.25) is 0 Å². The van der Waals surface area contributed by atoms with Gasteiger partial charge in [-0.3, -0.25) is 0 Å². The molecule has 0 bridgehead atoms. The Morgan fingerprint density at radius 2 is 1.85 bits per heavy atom. The Hall–Kier alpha value is -2.95. The van der Waals surface area contributed by atoms with Crippen molar-refractivity contribution in [2.24, 2.45) is 17.3 Å². The number of piperidine rings is 1. The van der Waals surface area contributed by atoms with Crippen molar-refractivity contribution in [3.05, 3.63) is 65.1 Å². The number of aryl methyl sites for hydroxylation is 1. The van der Waals surface area contributed by atoms with E-state index >= 15 is 0 Å². The molecule has 0 radical (unpaired) electrons. The summed E-state index contributed by atoms with van der Waals surface area (Å²) in [6, 6.07) is 14.6. The molecule has 3 heterocycles. The maximum Gasteiger partial charge on any atom is 0.172 e. The SMILES string of the molecule is C/C(=C\c1nnc(-c2ccccc2)cc1C)C1CC2(CCN(c3cc(CC(C)C)on3)CC2)C1. The van der Waals surface area contributed by atoms with Crippen molar-refractivity contribution in [3.8, 4) is 11.3 Å². The molecule has 2 aromatic heterocycles. The molecule has 34 heavy (non-hydrogen) atoms. The number of aromatic nitrogens is 3. The van der Waals surface area contributed by atoms with Crippen molar-refractivity contribution in [2.75, 3.05) is 18.0 Å². The molecule has 1 spiro atoms. The molecule has 0 unspecified atom stereocenters. The van der Waals surface area contributed by atoms with Crippen molar-refractivity contribution in [1.82, 2.24) is 15.4 Å². The molecule has 5 rings (SSSR count). The van der Waals surface area contributed by atoms with Crippen molar-refractivity contribution < 1.29 is 4.52 Å². The van der Waals surface area contributed by atoms with Gasteiger partial charge in [-0.25, -0.2) is 0 Å². The summed E-state index contributed by atoms with van der Waals surface area (Å²) in [5, 5.41) is 13.4. The van der Waals surface area contributed by atoms with Crippen LogP contribution in [0.1, 0.15) is 63.5 Å². The van der Waals surface area contributed by atoms with Crippen LogP contribution in [0.5, 0.6) is 0 Å². The molecule has 0 amide bonds. The maximum atomic E-state index is 5.56. The van der Waals surface area contributed by atoms with Gasteiger partial charge in [-0.05, 0) is 74.5 Å². The minimum Gasteiger partial charge on any atom is -0.359 e. The summed E-state index contributed by atoms with van der Waals surface area (Å²) in [6.45, 7) is 11.0. The van der Waals surface area contributed by atoms with Gasteiger partial charge in [-0.1, -0.05) is 54.9 Å². The molecule has 1 aromatic carbocycles. The molecular formula is C29H36N4O. The standard InChI is InChI=1S/C29H36N4O/c1-20(2)14-25-17-28(32-34-25)33-12-10-29(11-13-33)18-24(19-29)21(3)15-26-22(4)16-27(31-30-26)23-8-6-5-7-9-23/h5-9,15-17,20,24H,10-14,18-19H2,1-4H3/b21-15+. The molecule has 0 N–H and O–H groups in total. The molecule has 1 saturated carbocycles. The molecule has 2 fully saturated rings. The Kier molecular flexibility index (Phi) is 6.28. The maximum absolute atomic E-state index is 5.56. The average molecular weight is 457 g/mol. The van der Waals surface area contributed by atoms with Crippen LogP contribution < -0.4 is 4.90 Å². The molecule has 1 aliphatic heterocycles. The quantitative estimate of drug-likeness (QED) is 0.411. The second-order valence-corrected chi connectivity index (χ2v) is 10.9. The first-order chi connectivity index (χ1) is 16.4. The van der Waals surface area contributed by atoms with Gasteiger partial charge in [-0.2, -0.15) is 5.10 Å². The van der Waals surface area contributed by atoms with E-state index in [-0.39, 0.29) is 0 Å². The number of allylic oxidation sites excluding steroid dienone is 1. The zero-order chi connectivity index (χ0) is 23.7. The lowest BCUT2D eigenvalue weighted by molar-refractivity contribution is 0.0473. The highest BCUT2D eigenvalue weighted by molar-refractivity contribution is 5.62. The normalized spacial score (nSPS) is 18.5. The van der Waals surface area contributed by atoms with Crippen LogP contribution in [-0.2, 0) is 6.42 Å². The van der Waals surface area contributed by atoms with Crippen LogP contribution in [0.25, 0.3) is 17.3 Å². The fourth-order valence-electron chi connectivity index (χ4n) is 5.60. The predicted molar refractivity (Wildman–Crippen MR) is 138 cm³/mol. The molecule has 0 atom stereocenters. The third-order valence-corrected chi connectivity index (χ3v) is 7.76. The average Bonchev–Trinajstić information content (AvgIpc) is 3.27. The lowest BCUT2D eigenvalue weighted by atomic mass is 9.56. The molecule has 5 heteroatoms. The number of benzene rings is 1. The van der Waals surface area contributed by atoms with E-state index in [9.17, 15) is 0 Å². The first kappa shape index (κ1) is 22.8. The monoisotopic (exact) mass is 456 g/mol. The van der Waals surface area contributed by atoms with Crippen molar-refractivity contribution >= 4 is 11.9 Å². The summed E-state index contributed by atoms with van der Waals surface area (Å²) < 4.78 is 5.56. The summed E-state index contributed by atoms with van der Waals surface area (Å²) in [7, 11) is 0. The van der Waals surface area contributed by atoms with Gasteiger partial charge in [0.15, 0.2) is 5.82 Å². The lowest BCUT2D eigenvalue weighted by Crippen LogP contribution is -2.47. The fourth-order valence-corrected chi connectivity index (χ4v) is 5.60. The van der Waals surface area contributed by atoms with Gasteiger partial charge in [0.25, 0.3) is 0 Å². The van der Waals surface area contributed by atoms with E-state index in [2.05, 4.69) is 78.3 Å². The Labute approximate surface area is 203 Å². The van der Waals surface area contributed by atoms with Gasteiger partial charge in [0.1, 0.15) is 5.76 Å². The highest BCUT2D eigenvalue weighted by Gasteiger charge is 2.46. The first-order valence-electron chi connectivity index (χ1n) is 12.7. The highest BCUT2D eigenvalue weighted by Crippen LogP contribution is 2.55. The van der Waals surface area contributed by atoms with E-state index in [0.29, 0.717) is 17.3 Å². The summed E-state index contributed by atoms with van der Waals surface area (Å²) in [5.74, 6) is 3.27. The number of nitrogens with zero attached hydrogens (tertiary/aromatic N) is 4. The minimum atomic E-state index is 0.499. The smallest absolute Gasteiger partial charge is 0.172 e. The number of rotatable bonds is 6. The van der Waals surface area contributed by atoms with Gasteiger partial charge in [-0.15, -0.1) is 5.10 Å². The lowest BCUT2D eigenvalue weighted by Gasteiger charge is -2.52. The fraction of sp³-hybridized carbons (Fsp3) is 0.483. The number of hydrogen-bond acceptors (Lipinski definition) is 5. The number of hydrogen-bond donors (Lipinski definition) is 0. The van der Waals surface area contributed by atoms with E-state index in [4.69, 9.17) is 4.52 Å². The second-order valence-electron chi connectivity index (χ2n) is 10.9. The van der Waals surface area contributed by atoms with E-state index in [1.807, 2.05) is 18.2 Å². The van der Waals surface area contributed by atoms with Crippen LogP contribution in [0.3, 0.4) is 0 Å². The second kappa shape index (κ2) is 9.36. The topological polar surface area (TPSA) is 55.1 Å². The molecule has 5 nitrogen and oxygen atoms in total. The van der Waals surface area contributed by atoms with E-state index in [0.717, 1.165) is 48.0 Å². The summed E-state index contributed by atoms with van der Waals surface area (Å²) in [4.78, 5) is 2.40. The van der Waals surface area contributed by atoms with Crippen LogP contribution >= 0.6 is 0 Å². The van der Waals surface area contributed by atoms with Crippen LogP contribution in [0.15, 0.2) is 52.6 Å². The van der Waals surface area contributed by atoms with Crippen LogP contribution in [0.4, 0.5) is 5.82 Å². The van der Waals surface area contributed by atoms with Gasteiger partial charge < -0.3 is 9.42 Å². The zero-order valence-corrected chi connectivity index (χ0v) is 20.9. The van der Waals surface area contributed by atoms with Crippen LogP contribution in [0, 0.1) is 24.2 Å². The predicted octanol–water partition coefficient (Wildman–Crippen LogP) is 6.74. The summed E-state index contributed by atoms with van der Waals surface area (Å²) >= 11 is 0. The van der Waals surface area contributed by atoms with Crippen molar-refractivity contribution in [1.29, 1.82) is 0 Å². The van der Waals surface area contributed by atoms with Gasteiger partial charge in [0.05, 0.1) is 11.4 Å². The molecule has 178 valence electrons. The highest BCUT2D eigenvalue weighted by atomic mass is 16.5. The zero-order valence-electron chi connectivity index (χ0n) is 20.9. The third-order valence-electron chi connectivity index (χ3n) is 7.76. The van der Waals surface area contributed by atoms with Crippen molar-refractivity contribution in [3.63, 3.8) is 0 Å². The molecule has 1 aliphatic carbocycles. The van der Waals surface area contributed by atoms with Gasteiger partial charge >= 0.3 is 0 Å². The van der Waals surface area contributed by atoms with Crippen LogP contribution in [0.2, 0.25) is 0 Å². The third kappa shape index (κ3) is 4.79. The van der Waals surface area contributed by atoms with E-state index in [1.54, 1.807) is 0 Å². The Balaban J connectivity index is 1.17. The molecule has 1 saturated heterocycles. The minimum absolute atomic E-state index is 0.499. The number of anilines is 1. The molecular weight excluding hydrogens is 420 g/mol. The van der Waals surface area contributed by atoms with Crippen LogP contribution in [-0.4, -0.2) is 28.4 Å². The largest absolute Gasteiger partial charge is 0.359 e. The Morgan fingerprint density at radius 1 is 1.12 bits per heavy atom. The summed E-state index contributed by atoms with van der Waals surface area (Å²) in [5.41, 5.74) is 6.16. The van der Waals surface area contributed by atoms with Gasteiger partial charge in [0, 0.05) is 31.1 Å². The molecule has 2 aliphatic rings.